The van der Waals surface area contributed by atoms with Gasteiger partial charge in [-0.1, -0.05) is 55.8 Å². The van der Waals surface area contributed by atoms with Gasteiger partial charge in [0.2, 0.25) is 0 Å². The molecule has 2 unspecified atom stereocenters. The van der Waals surface area contributed by atoms with Crippen molar-refractivity contribution in [1.29, 1.82) is 0 Å². The van der Waals surface area contributed by atoms with Crippen LogP contribution in [0.1, 0.15) is 66.0 Å². The first-order chi connectivity index (χ1) is 27.7. The van der Waals surface area contributed by atoms with Gasteiger partial charge in [-0.15, -0.1) is 5.10 Å². The lowest BCUT2D eigenvalue weighted by Gasteiger charge is -2.46. The van der Waals surface area contributed by atoms with E-state index in [1.165, 1.54) is 6.08 Å². The van der Waals surface area contributed by atoms with E-state index in [2.05, 4.69) is 20.6 Å². The lowest BCUT2D eigenvalue weighted by Crippen LogP contribution is -2.63. The second-order valence-electron chi connectivity index (χ2n) is 16.2. The van der Waals surface area contributed by atoms with Crippen LogP contribution >= 0.6 is 0 Å². The molecule has 1 fully saturated rings. The Balaban J connectivity index is 1.42. The molecule has 2 aromatic heterocycles. The van der Waals surface area contributed by atoms with Gasteiger partial charge in [0, 0.05) is 47.5 Å². The summed E-state index contributed by atoms with van der Waals surface area (Å²) in [6.45, 7) is 9.60. The van der Waals surface area contributed by atoms with E-state index in [0.717, 1.165) is 22.0 Å². The molecule has 0 aliphatic carbocycles. The van der Waals surface area contributed by atoms with Crippen LogP contribution in [-0.2, 0) is 30.3 Å². The minimum absolute atomic E-state index is 0.108. The molecule has 2 aliphatic rings. The number of aromatic nitrogens is 4. The largest absolute Gasteiger partial charge is 0.462 e. The third-order valence-corrected chi connectivity index (χ3v) is 11.6. The maximum Gasteiger partial charge on any atom is 0.308 e. The van der Waals surface area contributed by atoms with Gasteiger partial charge >= 0.3 is 5.97 Å². The topological polar surface area (TPSA) is 202 Å². The van der Waals surface area contributed by atoms with Crippen molar-refractivity contribution in [2.24, 2.45) is 23.7 Å². The number of nitrogens with one attached hydrogen (secondary N) is 1. The van der Waals surface area contributed by atoms with Crippen molar-refractivity contribution in [3.63, 3.8) is 0 Å². The zero-order valence-electron chi connectivity index (χ0n) is 34.7. The van der Waals surface area contributed by atoms with Crippen LogP contribution in [0.4, 0.5) is 0 Å². The van der Waals surface area contributed by atoms with E-state index in [1.54, 1.807) is 62.1 Å². The molecule has 0 radical (unpaired) electrons. The number of pyridine rings is 1. The Kier molecular flexibility index (Phi) is 16.2. The predicted octanol–water partition coefficient (Wildman–Crippen LogP) is 3.12. The van der Waals surface area contributed by atoms with Gasteiger partial charge in [0.25, 0.3) is 0 Å². The summed E-state index contributed by atoms with van der Waals surface area (Å²) in [5.41, 5.74) is 2.33. The smallest absolute Gasteiger partial charge is 0.308 e. The summed E-state index contributed by atoms with van der Waals surface area (Å²) < 4.78 is 20.3. The number of nitrogens with zero attached hydrogens (tertiary/aromatic N) is 5. The van der Waals surface area contributed by atoms with E-state index in [4.69, 9.17) is 14.2 Å². The Morgan fingerprint density at radius 3 is 2.57 bits per heavy atom. The maximum atomic E-state index is 13.7. The number of likely N-dealkylation sites (N-methyl/N-ethyl adjacent to an activating group) is 1. The molecule has 0 spiro atoms. The van der Waals surface area contributed by atoms with Gasteiger partial charge in [0.05, 0.1) is 61.1 Å². The summed E-state index contributed by atoms with van der Waals surface area (Å²) in [6.07, 6.45) is 4.53. The first-order valence-corrected chi connectivity index (χ1v) is 20.4. The molecule has 5 rings (SSSR count). The summed E-state index contributed by atoms with van der Waals surface area (Å²) in [5, 5.41) is 58.5. The highest BCUT2D eigenvalue weighted by Crippen LogP contribution is 2.34. The van der Waals surface area contributed by atoms with Gasteiger partial charge in [-0.2, -0.15) is 0 Å². The third-order valence-electron chi connectivity index (χ3n) is 11.6. The van der Waals surface area contributed by atoms with Crippen molar-refractivity contribution in [3.05, 3.63) is 72.4 Å². The molecule has 1 saturated heterocycles. The van der Waals surface area contributed by atoms with Gasteiger partial charge in [0.15, 0.2) is 12.1 Å². The molecule has 4 heterocycles. The van der Waals surface area contributed by atoms with Crippen molar-refractivity contribution in [1.82, 2.24) is 30.2 Å². The van der Waals surface area contributed by atoms with Crippen molar-refractivity contribution in [2.45, 2.75) is 116 Å². The van der Waals surface area contributed by atoms with Gasteiger partial charge in [-0.25, -0.2) is 4.68 Å². The molecule has 15 heteroatoms. The van der Waals surface area contributed by atoms with Crippen molar-refractivity contribution < 1.29 is 44.2 Å². The van der Waals surface area contributed by atoms with Crippen LogP contribution in [0, 0.1) is 23.7 Å². The normalized spacial score (nSPS) is 33.5. The number of esters is 1. The molecular formula is C43H62N6O9. The molecule has 58 heavy (non-hydrogen) atoms. The van der Waals surface area contributed by atoms with Gasteiger partial charge in [-0.3, -0.25) is 14.6 Å². The first-order valence-electron chi connectivity index (χ1n) is 20.4. The second kappa shape index (κ2) is 20.9. The predicted molar refractivity (Wildman–Crippen MR) is 217 cm³/mol. The number of cyclic esters (lactones) is 1. The minimum atomic E-state index is -1.26. The summed E-state index contributed by atoms with van der Waals surface area (Å²) in [5.74, 6) is -2.79. The zero-order valence-corrected chi connectivity index (χ0v) is 34.7. The number of ether oxygens (including phenoxy) is 3. The van der Waals surface area contributed by atoms with Crippen molar-refractivity contribution in [3.8, 4) is 5.69 Å². The number of benzene rings is 1. The van der Waals surface area contributed by atoms with E-state index in [1.807, 2.05) is 51.2 Å². The average Bonchev–Trinajstić information content (AvgIpc) is 3.68. The quantitative estimate of drug-likeness (QED) is 0.140. The molecule has 5 N–H and O–H groups in total. The number of allylic oxidation sites excluding steroid dienone is 3. The summed E-state index contributed by atoms with van der Waals surface area (Å²) in [7, 11) is 3.51. The summed E-state index contributed by atoms with van der Waals surface area (Å²) in [4.78, 5) is 33.0. The Labute approximate surface area is 341 Å². The molecule has 2 aliphatic heterocycles. The standard InChI is InChI=1S/C43H62N6O9/c1-8-37-31(24-50)18-25(2)12-13-35(51)26(3)19-29(14-16-45-22-32-23-49(47-46-32)34-11-9-10-30-21-44-17-15-33(30)34)42(27(4)36(52)20-38(53)57-37)58-43-41(55)39(48(6)7)40(54)28(5)56-43/h9-13,15,17-18,21,23,26-29,31,36-37,39-43,45,50,52,54-55H,8,14,16,19-20,22,24H2,1-7H3/b13-12+,25-18+/t26-,27+,28-,29+,31-,36-,37-,39?,40-,41?,42-,43+/m1/s1. The van der Waals surface area contributed by atoms with Crippen molar-refractivity contribution >= 4 is 22.5 Å². The number of hydrogen-bond donors (Lipinski definition) is 5. The molecule has 0 saturated carbocycles. The number of aliphatic hydroxyl groups is 4. The number of fused-ring (bicyclic) bond motifs is 1. The van der Waals surface area contributed by atoms with Crippen LogP contribution in [0.5, 0.6) is 0 Å². The summed E-state index contributed by atoms with van der Waals surface area (Å²) >= 11 is 0. The Morgan fingerprint density at radius 2 is 1.84 bits per heavy atom. The molecular weight excluding hydrogens is 745 g/mol. The number of rotatable bonds is 11. The molecule has 318 valence electrons. The SMILES string of the molecule is CC[C@H]1OC(=O)C[C@@H](O)[C@H](C)[C@@H](O[C@@H]2O[C@H](C)[C@@H](O)C(N(C)C)C2O)[C@@H](CCNCc2cn(-c3cccc4cnccc34)nn2)C[C@@H](C)C(=O)/C=C/C(C)=C/[C@@H]1CO. The average molecular weight is 807 g/mol. The van der Waals surface area contributed by atoms with Gasteiger partial charge < -0.3 is 44.9 Å². The van der Waals surface area contributed by atoms with Gasteiger partial charge in [-0.05, 0) is 77.9 Å². The number of carbonyl (C=O) groups is 2. The number of hydrogen-bond acceptors (Lipinski definition) is 14. The monoisotopic (exact) mass is 806 g/mol. The minimum Gasteiger partial charge on any atom is -0.462 e. The van der Waals surface area contributed by atoms with Gasteiger partial charge in [0.1, 0.15) is 12.2 Å². The summed E-state index contributed by atoms with van der Waals surface area (Å²) in [6, 6.07) is 7.14. The van der Waals surface area contributed by atoms with Crippen LogP contribution in [-0.4, -0.2) is 133 Å². The third kappa shape index (κ3) is 11.2. The van der Waals surface area contributed by atoms with E-state index >= 15 is 0 Å². The first kappa shape index (κ1) is 45.2. The molecule has 3 aromatic rings. The molecule has 12 atom stereocenters. The van der Waals surface area contributed by atoms with E-state index in [0.29, 0.717) is 38.0 Å². The second-order valence-corrected chi connectivity index (χ2v) is 16.2. The highest BCUT2D eigenvalue weighted by Gasteiger charge is 2.47. The van der Waals surface area contributed by atoms with Crippen LogP contribution in [0.3, 0.4) is 0 Å². The molecule has 15 nitrogen and oxygen atoms in total. The molecule has 1 aromatic carbocycles. The highest BCUT2D eigenvalue weighted by molar-refractivity contribution is 5.92. The lowest BCUT2D eigenvalue weighted by atomic mass is 9.79. The lowest BCUT2D eigenvalue weighted by molar-refractivity contribution is -0.304. The Bertz CT molecular complexity index is 1860. The number of ketones is 1. The zero-order chi connectivity index (χ0) is 42.1. The van der Waals surface area contributed by atoms with Crippen LogP contribution in [0.15, 0.2) is 66.7 Å². The Morgan fingerprint density at radius 1 is 1.07 bits per heavy atom. The fourth-order valence-corrected chi connectivity index (χ4v) is 8.16. The molecule has 0 bridgehead atoms. The van der Waals surface area contributed by atoms with Crippen LogP contribution in [0.25, 0.3) is 16.5 Å². The fraction of sp³-hybridized carbons (Fsp3) is 0.605. The fourth-order valence-electron chi connectivity index (χ4n) is 8.16. The maximum absolute atomic E-state index is 13.7. The van der Waals surface area contributed by atoms with Crippen LogP contribution in [0.2, 0.25) is 0 Å². The van der Waals surface area contributed by atoms with E-state index in [9.17, 15) is 30.0 Å². The number of carbonyl (C=O) groups excluding carboxylic acids is 2. The van der Waals surface area contributed by atoms with E-state index < -0.39 is 72.7 Å². The van der Waals surface area contributed by atoms with Crippen LogP contribution < -0.4 is 5.32 Å². The Hall–Kier alpha value is -3.93. The molecule has 0 amide bonds. The van der Waals surface area contributed by atoms with E-state index in [-0.39, 0.29) is 24.7 Å². The number of aliphatic hydroxyl groups excluding tert-OH is 4. The van der Waals surface area contributed by atoms with Crippen molar-refractivity contribution in [2.75, 3.05) is 27.2 Å². The highest BCUT2D eigenvalue weighted by atomic mass is 16.7.